The molecule has 0 aliphatic carbocycles. The number of hydrogen-bond donors (Lipinski definition) is 2. The van der Waals surface area contributed by atoms with Crippen LogP contribution < -0.4 is 10.6 Å². The number of anilines is 1. The van der Waals surface area contributed by atoms with Crippen LogP contribution in [-0.2, 0) is 6.54 Å². The number of amidine groups is 1. The summed E-state index contributed by atoms with van der Waals surface area (Å²) in [6.07, 6.45) is 3.66. The van der Waals surface area contributed by atoms with Gasteiger partial charge in [-0.05, 0) is 23.8 Å². The largest absolute Gasteiger partial charge is 0.360 e. The van der Waals surface area contributed by atoms with Gasteiger partial charge in [-0.2, -0.15) is 0 Å². The predicted octanol–water partition coefficient (Wildman–Crippen LogP) is 3.77. The molecule has 3 nitrogen and oxygen atoms in total. The van der Waals surface area contributed by atoms with Crippen LogP contribution in [0.3, 0.4) is 0 Å². The van der Waals surface area contributed by atoms with E-state index in [1.807, 2.05) is 48.8 Å². The van der Waals surface area contributed by atoms with Crippen molar-refractivity contribution in [3.05, 3.63) is 77.1 Å². The minimum absolute atomic E-state index is 0.638. The maximum Gasteiger partial charge on any atom is 0.134 e. The summed E-state index contributed by atoms with van der Waals surface area (Å²) in [5.74, 6) is 0.835. The molecule has 2 aromatic rings. The first-order valence-corrected chi connectivity index (χ1v) is 6.77. The fraction of sp³-hybridized carbons (Fsp3) is 0.0625. The second-order valence-corrected chi connectivity index (χ2v) is 4.90. The zero-order chi connectivity index (χ0) is 13.8. The van der Waals surface area contributed by atoms with Crippen molar-refractivity contribution in [2.24, 2.45) is 4.99 Å². The molecule has 0 saturated carbocycles. The summed E-state index contributed by atoms with van der Waals surface area (Å²) in [5.41, 5.74) is 3.14. The maximum atomic E-state index is 6.03. The third kappa shape index (κ3) is 2.83. The Bertz CT molecular complexity index is 663. The second-order valence-electron chi connectivity index (χ2n) is 4.46. The molecule has 20 heavy (non-hydrogen) atoms. The molecular formula is C16H14ClN3. The van der Waals surface area contributed by atoms with Gasteiger partial charge in [-0.25, -0.2) is 0 Å². The Labute approximate surface area is 123 Å². The minimum atomic E-state index is 0.638. The third-order valence-corrected chi connectivity index (χ3v) is 3.28. The maximum absolute atomic E-state index is 6.03. The average molecular weight is 284 g/mol. The molecule has 0 aromatic heterocycles. The molecular weight excluding hydrogens is 270 g/mol. The molecule has 2 aromatic carbocycles. The van der Waals surface area contributed by atoms with Crippen LogP contribution in [0.25, 0.3) is 0 Å². The third-order valence-electron chi connectivity index (χ3n) is 3.04. The Hall–Kier alpha value is -2.26. The van der Waals surface area contributed by atoms with Gasteiger partial charge in [0.1, 0.15) is 5.84 Å². The number of benzene rings is 2. The Balaban J connectivity index is 1.92. The van der Waals surface area contributed by atoms with Gasteiger partial charge in [0.05, 0.1) is 12.2 Å². The minimum Gasteiger partial charge on any atom is -0.360 e. The van der Waals surface area contributed by atoms with Gasteiger partial charge in [0.2, 0.25) is 0 Å². The molecule has 0 atom stereocenters. The molecule has 0 radical (unpaired) electrons. The van der Waals surface area contributed by atoms with Crippen molar-refractivity contribution >= 4 is 23.1 Å². The molecule has 0 spiro atoms. The van der Waals surface area contributed by atoms with E-state index in [0.29, 0.717) is 11.6 Å². The van der Waals surface area contributed by atoms with Crippen molar-refractivity contribution in [3.63, 3.8) is 0 Å². The normalized spacial score (nSPS) is 15.2. The van der Waals surface area contributed by atoms with Crippen molar-refractivity contribution in [3.8, 4) is 0 Å². The lowest BCUT2D eigenvalue weighted by Gasteiger charge is -2.09. The summed E-state index contributed by atoms with van der Waals surface area (Å²) in [6.45, 7) is 0.638. The van der Waals surface area contributed by atoms with Crippen molar-refractivity contribution in [2.45, 2.75) is 6.54 Å². The monoisotopic (exact) mass is 283 g/mol. The lowest BCUT2D eigenvalue weighted by molar-refractivity contribution is 1.04. The quantitative estimate of drug-likeness (QED) is 0.880. The van der Waals surface area contributed by atoms with Gasteiger partial charge in [-0.15, -0.1) is 0 Å². The highest BCUT2D eigenvalue weighted by molar-refractivity contribution is 6.31. The number of nitrogens with one attached hydrogen (secondary N) is 2. The second kappa shape index (κ2) is 5.80. The molecule has 0 fully saturated rings. The van der Waals surface area contributed by atoms with Crippen molar-refractivity contribution in [1.82, 2.24) is 5.32 Å². The lowest BCUT2D eigenvalue weighted by atomic mass is 10.1. The molecule has 0 amide bonds. The Kier molecular flexibility index (Phi) is 3.70. The molecule has 100 valence electrons. The van der Waals surface area contributed by atoms with Crippen LogP contribution in [0.15, 0.2) is 65.9 Å². The summed E-state index contributed by atoms with van der Waals surface area (Å²) in [6, 6.07) is 15.9. The molecule has 0 unspecified atom stereocenters. The first-order valence-electron chi connectivity index (χ1n) is 6.39. The highest BCUT2D eigenvalue weighted by Crippen LogP contribution is 2.22. The highest BCUT2D eigenvalue weighted by Gasteiger charge is 2.10. The van der Waals surface area contributed by atoms with Crippen LogP contribution in [0.1, 0.15) is 11.1 Å². The van der Waals surface area contributed by atoms with Crippen molar-refractivity contribution < 1.29 is 0 Å². The molecule has 1 aliphatic rings. The smallest absolute Gasteiger partial charge is 0.134 e. The van der Waals surface area contributed by atoms with Gasteiger partial charge in [0, 0.05) is 23.0 Å². The van der Waals surface area contributed by atoms with E-state index in [1.165, 1.54) is 5.56 Å². The fourth-order valence-corrected chi connectivity index (χ4v) is 2.23. The zero-order valence-electron chi connectivity index (χ0n) is 10.8. The van der Waals surface area contributed by atoms with Crippen molar-refractivity contribution in [2.75, 3.05) is 5.32 Å². The number of rotatable bonds is 2. The van der Waals surface area contributed by atoms with Gasteiger partial charge in [-0.3, -0.25) is 4.99 Å². The van der Waals surface area contributed by atoms with E-state index in [9.17, 15) is 0 Å². The zero-order valence-corrected chi connectivity index (χ0v) is 11.6. The van der Waals surface area contributed by atoms with E-state index in [4.69, 9.17) is 11.6 Å². The van der Waals surface area contributed by atoms with E-state index in [0.717, 1.165) is 17.1 Å². The molecule has 3 rings (SSSR count). The lowest BCUT2D eigenvalue weighted by Crippen LogP contribution is -2.18. The van der Waals surface area contributed by atoms with Crippen LogP contribution in [-0.4, -0.2) is 5.84 Å². The van der Waals surface area contributed by atoms with Gasteiger partial charge in [-0.1, -0.05) is 41.9 Å². The molecule has 1 aliphatic heterocycles. The van der Waals surface area contributed by atoms with Gasteiger partial charge in [0.25, 0.3) is 0 Å². The summed E-state index contributed by atoms with van der Waals surface area (Å²) in [7, 11) is 0. The van der Waals surface area contributed by atoms with E-state index >= 15 is 0 Å². The Morgan fingerprint density at radius 2 is 1.75 bits per heavy atom. The molecule has 0 saturated heterocycles. The number of fused-ring (bicyclic) bond motifs is 1. The number of nitrogens with zero attached hydrogens (tertiary/aromatic N) is 1. The summed E-state index contributed by atoms with van der Waals surface area (Å²) >= 11 is 6.03. The predicted molar refractivity (Wildman–Crippen MR) is 84.0 cm³/mol. The van der Waals surface area contributed by atoms with E-state index < -0.39 is 0 Å². The van der Waals surface area contributed by atoms with Crippen LogP contribution >= 0.6 is 11.6 Å². The van der Waals surface area contributed by atoms with Crippen molar-refractivity contribution in [1.29, 1.82) is 0 Å². The summed E-state index contributed by atoms with van der Waals surface area (Å²) in [5, 5.41) is 7.08. The van der Waals surface area contributed by atoms with E-state index in [2.05, 4.69) is 27.8 Å². The Morgan fingerprint density at radius 3 is 2.60 bits per heavy atom. The number of hydrogen-bond acceptors (Lipinski definition) is 2. The van der Waals surface area contributed by atoms with Gasteiger partial charge >= 0.3 is 0 Å². The number of aliphatic imine (C=N–C) groups is 1. The molecule has 4 heteroatoms. The highest BCUT2D eigenvalue weighted by atomic mass is 35.5. The van der Waals surface area contributed by atoms with Crippen LogP contribution in [0, 0.1) is 0 Å². The van der Waals surface area contributed by atoms with Gasteiger partial charge < -0.3 is 10.6 Å². The number of halogens is 1. The SMILES string of the molecule is Clc1ccc2c(c1)NC=CNC2=NCc1ccccc1. The average Bonchev–Trinajstić information content (AvgIpc) is 2.68. The molecule has 1 heterocycles. The van der Waals surface area contributed by atoms with Crippen LogP contribution in [0.4, 0.5) is 5.69 Å². The summed E-state index contributed by atoms with van der Waals surface area (Å²) in [4.78, 5) is 4.66. The first kappa shape index (κ1) is 12.8. The fourth-order valence-electron chi connectivity index (χ4n) is 2.06. The molecule has 0 bridgehead atoms. The summed E-state index contributed by atoms with van der Waals surface area (Å²) < 4.78 is 0. The van der Waals surface area contributed by atoms with Crippen LogP contribution in [0.5, 0.6) is 0 Å². The standard InChI is InChI=1S/C16H14ClN3/c17-13-6-7-14-15(10-13)18-8-9-19-16(14)20-11-12-4-2-1-3-5-12/h1-10,18H,11H2,(H,19,20). The first-order chi connectivity index (χ1) is 9.83. The Morgan fingerprint density at radius 1 is 0.950 bits per heavy atom. The van der Waals surface area contributed by atoms with E-state index in [1.54, 1.807) is 0 Å². The molecule has 2 N–H and O–H groups in total. The van der Waals surface area contributed by atoms with Gasteiger partial charge in [0.15, 0.2) is 0 Å². The van der Waals surface area contributed by atoms with E-state index in [-0.39, 0.29) is 0 Å². The van der Waals surface area contributed by atoms with Crippen LogP contribution in [0.2, 0.25) is 5.02 Å². The topological polar surface area (TPSA) is 36.4 Å².